The lowest BCUT2D eigenvalue weighted by Crippen LogP contribution is -2.58. The molecule has 0 bridgehead atoms. The topological polar surface area (TPSA) is 39.7 Å². The molecule has 0 aromatic heterocycles. The number of nitrogens with one attached hydrogen (secondary N) is 2. The molecule has 0 atom stereocenters. The SMILES string of the molecule is CN1CCC2(CC1)Nc1ccccc1N=C2NCc1cccc(C(F)(F)F)c1. The summed E-state index contributed by atoms with van der Waals surface area (Å²) < 4.78 is 39.0. The Morgan fingerprint density at radius 2 is 1.86 bits per heavy atom. The Bertz CT molecular complexity index is 883. The maximum absolute atomic E-state index is 13.0. The third-order valence-corrected chi connectivity index (χ3v) is 5.52. The second-order valence-electron chi connectivity index (χ2n) is 7.54. The second kappa shape index (κ2) is 7.13. The van der Waals surface area contributed by atoms with Gasteiger partial charge in [0.15, 0.2) is 0 Å². The molecule has 2 aromatic rings. The predicted octanol–water partition coefficient (Wildman–Crippen LogP) is 4.42. The minimum absolute atomic E-state index is 0.296. The summed E-state index contributed by atoms with van der Waals surface area (Å²) >= 11 is 0. The van der Waals surface area contributed by atoms with Crippen molar-refractivity contribution in [1.82, 2.24) is 10.2 Å². The van der Waals surface area contributed by atoms with Crippen LogP contribution in [0.1, 0.15) is 24.0 Å². The molecule has 2 heterocycles. The first-order valence-electron chi connectivity index (χ1n) is 9.41. The molecule has 0 saturated carbocycles. The number of likely N-dealkylation sites (tertiary alicyclic amines) is 1. The number of nitrogens with zero attached hydrogens (tertiary/aromatic N) is 2. The number of aliphatic imine (C=N–C) groups is 1. The molecule has 4 rings (SSSR count). The number of para-hydroxylation sites is 2. The molecule has 1 spiro atoms. The Kier molecular flexibility index (Phi) is 4.79. The van der Waals surface area contributed by atoms with E-state index < -0.39 is 11.7 Å². The minimum atomic E-state index is -4.34. The molecule has 148 valence electrons. The number of piperidine rings is 1. The zero-order valence-corrected chi connectivity index (χ0v) is 15.7. The molecule has 2 N–H and O–H groups in total. The van der Waals surface area contributed by atoms with Gasteiger partial charge in [0.2, 0.25) is 0 Å². The van der Waals surface area contributed by atoms with Crippen molar-refractivity contribution in [2.24, 2.45) is 4.99 Å². The van der Waals surface area contributed by atoms with Crippen molar-refractivity contribution in [3.63, 3.8) is 0 Å². The highest BCUT2D eigenvalue weighted by Crippen LogP contribution is 2.38. The van der Waals surface area contributed by atoms with Gasteiger partial charge in [-0.25, -0.2) is 4.99 Å². The summed E-state index contributed by atoms with van der Waals surface area (Å²) in [6.07, 6.45) is -2.58. The second-order valence-corrected chi connectivity index (χ2v) is 7.54. The summed E-state index contributed by atoms with van der Waals surface area (Å²) in [4.78, 5) is 7.11. The molecular weight excluding hydrogens is 365 g/mol. The molecule has 7 heteroatoms. The van der Waals surface area contributed by atoms with Crippen molar-refractivity contribution in [1.29, 1.82) is 0 Å². The summed E-state index contributed by atoms with van der Waals surface area (Å²) in [6, 6.07) is 13.3. The van der Waals surface area contributed by atoms with Crippen LogP contribution in [0.3, 0.4) is 0 Å². The number of hydrogen-bond acceptors (Lipinski definition) is 4. The highest BCUT2D eigenvalue weighted by atomic mass is 19.4. The van der Waals surface area contributed by atoms with Gasteiger partial charge in [-0.3, -0.25) is 0 Å². The molecule has 2 aliphatic rings. The normalized spacial score (nSPS) is 18.9. The molecule has 0 unspecified atom stereocenters. The summed E-state index contributed by atoms with van der Waals surface area (Å²) in [7, 11) is 2.09. The number of halogens is 3. The van der Waals surface area contributed by atoms with Crippen LogP contribution >= 0.6 is 0 Å². The highest BCUT2D eigenvalue weighted by molar-refractivity contribution is 6.00. The van der Waals surface area contributed by atoms with Crippen molar-refractivity contribution in [3.8, 4) is 0 Å². The number of rotatable bonds is 2. The van der Waals surface area contributed by atoms with E-state index in [1.165, 1.54) is 12.1 Å². The Balaban J connectivity index is 1.60. The maximum atomic E-state index is 13.0. The molecule has 2 aliphatic heterocycles. The minimum Gasteiger partial charge on any atom is -0.371 e. The Morgan fingerprint density at radius 3 is 2.61 bits per heavy atom. The van der Waals surface area contributed by atoms with Gasteiger partial charge in [0.05, 0.1) is 22.5 Å². The van der Waals surface area contributed by atoms with Gasteiger partial charge in [-0.1, -0.05) is 24.3 Å². The van der Waals surface area contributed by atoms with Crippen molar-refractivity contribution in [2.75, 3.05) is 25.5 Å². The first-order valence-corrected chi connectivity index (χ1v) is 9.41. The third-order valence-electron chi connectivity index (χ3n) is 5.52. The Labute approximate surface area is 162 Å². The van der Waals surface area contributed by atoms with Crippen LogP contribution in [0.15, 0.2) is 53.5 Å². The van der Waals surface area contributed by atoms with Crippen LogP contribution < -0.4 is 10.6 Å². The third kappa shape index (κ3) is 3.71. The molecule has 0 aliphatic carbocycles. The monoisotopic (exact) mass is 388 g/mol. The van der Waals surface area contributed by atoms with Gasteiger partial charge in [-0.05, 0) is 49.7 Å². The fourth-order valence-electron chi connectivity index (χ4n) is 3.84. The fourth-order valence-corrected chi connectivity index (χ4v) is 3.84. The van der Waals surface area contributed by atoms with Gasteiger partial charge < -0.3 is 15.5 Å². The van der Waals surface area contributed by atoms with Crippen LogP contribution in [0.2, 0.25) is 0 Å². The average molecular weight is 388 g/mol. The lowest BCUT2D eigenvalue weighted by atomic mass is 9.84. The largest absolute Gasteiger partial charge is 0.416 e. The summed E-state index contributed by atoms with van der Waals surface area (Å²) in [5.74, 6) is 0.803. The summed E-state index contributed by atoms with van der Waals surface area (Å²) in [5, 5.41) is 6.99. The van der Waals surface area contributed by atoms with E-state index >= 15 is 0 Å². The van der Waals surface area contributed by atoms with Crippen LogP contribution in [0.25, 0.3) is 0 Å². The quantitative estimate of drug-likeness (QED) is 0.800. The summed E-state index contributed by atoms with van der Waals surface area (Å²) in [5.41, 5.74) is 1.48. The Morgan fingerprint density at radius 1 is 1.11 bits per heavy atom. The molecule has 1 fully saturated rings. The van der Waals surface area contributed by atoms with Crippen LogP contribution in [-0.4, -0.2) is 36.4 Å². The van der Waals surface area contributed by atoms with Gasteiger partial charge >= 0.3 is 6.18 Å². The average Bonchev–Trinajstić information content (AvgIpc) is 2.68. The van der Waals surface area contributed by atoms with E-state index in [4.69, 9.17) is 4.99 Å². The van der Waals surface area contributed by atoms with Crippen molar-refractivity contribution >= 4 is 17.2 Å². The predicted molar refractivity (Wildman–Crippen MR) is 105 cm³/mol. The van der Waals surface area contributed by atoms with Crippen LogP contribution in [0.4, 0.5) is 24.5 Å². The highest BCUT2D eigenvalue weighted by Gasteiger charge is 2.41. The van der Waals surface area contributed by atoms with E-state index in [2.05, 4.69) is 22.6 Å². The zero-order valence-electron chi connectivity index (χ0n) is 15.7. The molecule has 0 amide bonds. The molecule has 1 saturated heterocycles. The van der Waals surface area contributed by atoms with Crippen LogP contribution in [-0.2, 0) is 12.7 Å². The van der Waals surface area contributed by atoms with Gasteiger partial charge in [-0.15, -0.1) is 0 Å². The molecule has 28 heavy (non-hydrogen) atoms. The van der Waals surface area contributed by atoms with E-state index in [9.17, 15) is 13.2 Å². The van der Waals surface area contributed by atoms with E-state index in [1.54, 1.807) is 6.07 Å². The lowest BCUT2D eigenvalue weighted by molar-refractivity contribution is -0.137. The van der Waals surface area contributed by atoms with E-state index in [-0.39, 0.29) is 5.54 Å². The van der Waals surface area contributed by atoms with Crippen molar-refractivity contribution in [2.45, 2.75) is 31.1 Å². The van der Waals surface area contributed by atoms with E-state index in [0.29, 0.717) is 12.1 Å². The van der Waals surface area contributed by atoms with E-state index in [1.807, 2.05) is 24.3 Å². The zero-order chi connectivity index (χ0) is 19.8. The standard InChI is InChI=1S/C21H23F3N4/c1-28-11-9-20(10-12-28)19(26-17-7-2-3-8-18(17)27-20)25-14-15-5-4-6-16(13-15)21(22,23)24/h2-8,13,27H,9-12,14H2,1H3,(H,25,26). The first kappa shape index (κ1) is 18.8. The Hall–Kier alpha value is -2.54. The van der Waals surface area contributed by atoms with E-state index in [0.717, 1.165) is 49.2 Å². The molecular formula is C21H23F3N4. The van der Waals surface area contributed by atoms with Crippen LogP contribution in [0, 0.1) is 0 Å². The number of fused-ring (bicyclic) bond motifs is 1. The molecule has 4 nitrogen and oxygen atoms in total. The van der Waals surface area contributed by atoms with Crippen LogP contribution in [0.5, 0.6) is 0 Å². The van der Waals surface area contributed by atoms with Crippen molar-refractivity contribution < 1.29 is 13.2 Å². The number of amidine groups is 1. The number of benzene rings is 2. The fraction of sp³-hybridized carbons (Fsp3) is 0.381. The number of alkyl halides is 3. The van der Waals surface area contributed by atoms with Gasteiger partial charge in [0, 0.05) is 19.6 Å². The number of anilines is 1. The van der Waals surface area contributed by atoms with Crippen molar-refractivity contribution in [3.05, 3.63) is 59.7 Å². The maximum Gasteiger partial charge on any atom is 0.416 e. The summed E-state index contributed by atoms with van der Waals surface area (Å²) in [6.45, 7) is 2.16. The smallest absolute Gasteiger partial charge is 0.371 e. The molecule has 0 radical (unpaired) electrons. The number of hydrogen-bond donors (Lipinski definition) is 2. The molecule has 2 aromatic carbocycles. The van der Waals surface area contributed by atoms with Gasteiger partial charge in [0.1, 0.15) is 5.84 Å². The van der Waals surface area contributed by atoms with Gasteiger partial charge in [0.25, 0.3) is 0 Å². The first-order chi connectivity index (χ1) is 13.4. The lowest BCUT2D eigenvalue weighted by Gasteiger charge is -2.45. The van der Waals surface area contributed by atoms with Gasteiger partial charge in [-0.2, -0.15) is 13.2 Å².